The highest BCUT2D eigenvalue weighted by Gasteiger charge is 2.34. The van der Waals surface area contributed by atoms with Crippen LogP contribution in [0.5, 0.6) is 0 Å². The van der Waals surface area contributed by atoms with Crippen molar-refractivity contribution in [2.45, 2.75) is 134 Å². The fourth-order valence-corrected chi connectivity index (χ4v) is 9.03. The summed E-state index contributed by atoms with van der Waals surface area (Å²) < 4.78 is 18.3. The lowest BCUT2D eigenvalue weighted by Gasteiger charge is -2.34. The lowest BCUT2D eigenvalue weighted by Crippen LogP contribution is -2.58. The zero-order chi connectivity index (χ0) is 62.1. The van der Waals surface area contributed by atoms with Gasteiger partial charge in [-0.15, -0.1) is 0 Å². The van der Waals surface area contributed by atoms with Gasteiger partial charge in [-0.25, -0.2) is 0 Å². The van der Waals surface area contributed by atoms with E-state index in [0.29, 0.717) is 116 Å². The van der Waals surface area contributed by atoms with Crippen molar-refractivity contribution in [1.29, 1.82) is 0 Å². The summed E-state index contributed by atoms with van der Waals surface area (Å²) in [6.07, 6.45) is 14.9. The lowest BCUT2D eigenvalue weighted by atomic mass is 10.0. The minimum atomic E-state index is -1.21. The van der Waals surface area contributed by atoms with Gasteiger partial charge in [0, 0.05) is 173 Å². The SMILES string of the molecule is CC(=O)SCCC(=O)NC(COCCCNC(=O)CCCCCNC(=O)CCN1C(=O)C=CC1=O)(COCCCNC(=O)CCCCCNC(=O)CCN1C(=O)C=CC1=O)COCCCNC(=O)CCCCCNC(=O)CCN1C(=O)C=CC1=O. The molecule has 0 aromatic rings. The quantitative estimate of drug-likeness (QED) is 0.0313. The predicted octanol–water partition coefficient (Wildman–Crippen LogP) is 0.0550. The molecule has 13 amide bonds. The number of nitrogens with zero attached hydrogens (tertiary/aromatic N) is 3. The zero-order valence-electron chi connectivity index (χ0n) is 48.9. The van der Waals surface area contributed by atoms with E-state index < -0.39 is 41.0 Å². The number of imide groups is 3. The summed E-state index contributed by atoms with van der Waals surface area (Å²) in [5.74, 6) is -4.08. The Morgan fingerprint density at radius 2 is 0.635 bits per heavy atom. The Labute approximate surface area is 500 Å². The maximum absolute atomic E-state index is 13.4. The van der Waals surface area contributed by atoms with Crippen LogP contribution in [-0.4, -0.2) is 206 Å². The number of rotatable bonds is 49. The largest absolute Gasteiger partial charge is 0.379 e. The van der Waals surface area contributed by atoms with Gasteiger partial charge in [0.05, 0.1) is 19.8 Å². The Bertz CT molecular complexity index is 2100. The normalized spacial score (nSPS) is 13.7. The Hall–Kier alpha value is -7.17. The van der Waals surface area contributed by atoms with Crippen LogP contribution < -0.4 is 37.2 Å². The standard InChI is InChI=1S/C57H86N10O17S/c1-43(68)85-39-26-50(75)64-57(40-82-36-11-30-61-44(69)14-5-2-8-27-58-47(72)23-33-65-51(76)17-18-52(65)77,41-83-37-12-31-62-45(70)15-6-3-9-28-59-48(73)24-34-66-53(78)19-20-54(66)79)42-84-38-13-32-63-46(71)16-7-4-10-29-60-49(74)25-35-67-55(80)21-22-56(67)81/h17-22H,2-16,23-42H2,1H3,(H,58,72)(H,59,73)(H,60,74)(H,61,69)(H,62,70)(H,63,71)(H,64,75). The minimum absolute atomic E-state index is 0.000298. The van der Waals surface area contributed by atoms with Crippen molar-refractivity contribution in [2.75, 3.05) is 104 Å². The molecule has 3 heterocycles. The second-order valence-corrected chi connectivity index (χ2v) is 21.7. The van der Waals surface area contributed by atoms with Crippen molar-refractivity contribution < 1.29 is 81.3 Å². The molecule has 0 radical (unpaired) electrons. The third-order valence-corrected chi connectivity index (χ3v) is 13.9. The molecule has 0 fully saturated rings. The third-order valence-electron chi connectivity index (χ3n) is 13.1. The van der Waals surface area contributed by atoms with E-state index in [0.717, 1.165) is 26.5 Å². The van der Waals surface area contributed by atoms with Crippen LogP contribution in [0.3, 0.4) is 0 Å². The van der Waals surface area contributed by atoms with Crippen molar-refractivity contribution in [3.63, 3.8) is 0 Å². The molecule has 0 aromatic heterocycles. The van der Waals surface area contributed by atoms with Crippen LogP contribution in [0.1, 0.15) is 129 Å². The molecule has 0 aromatic carbocycles. The number of unbranched alkanes of at least 4 members (excludes halogenated alkanes) is 6. The molecule has 3 aliphatic heterocycles. The van der Waals surface area contributed by atoms with Gasteiger partial charge in [-0.2, -0.15) is 0 Å². The monoisotopic (exact) mass is 1210 g/mol. The van der Waals surface area contributed by atoms with E-state index in [1.807, 2.05) is 0 Å². The van der Waals surface area contributed by atoms with Gasteiger partial charge in [-0.1, -0.05) is 31.0 Å². The Morgan fingerprint density at radius 3 is 0.918 bits per heavy atom. The molecular weight excluding hydrogens is 1130 g/mol. The molecule has 3 aliphatic rings. The first kappa shape index (κ1) is 72.1. The Kier molecular flexibility index (Phi) is 36.1. The van der Waals surface area contributed by atoms with Crippen molar-refractivity contribution in [1.82, 2.24) is 51.9 Å². The summed E-state index contributed by atoms with van der Waals surface area (Å²) in [4.78, 5) is 172. The van der Waals surface area contributed by atoms with E-state index >= 15 is 0 Å². The van der Waals surface area contributed by atoms with Crippen LogP contribution >= 0.6 is 11.8 Å². The van der Waals surface area contributed by atoms with Crippen LogP contribution in [0.4, 0.5) is 0 Å². The smallest absolute Gasteiger partial charge is 0.253 e. The molecule has 85 heavy (non-hydrogen) atoms. The highest BCUT2D eigenvalue weighted by molar-refractivity contribution is 8.13. The molecular formula is C57H86N10O17S. The third kappa shape index (κ3) is 32.6. The van der Waals surface area contributed by atoms with Gasteiger partial charge in [0.1, 0.15) is 5.54 Å². The zero-order valence-corrected chi connectivity index (χ0v) is 49.7. The van der Waals surface area contributed by atoms with Crippen LogP contribution in [-0.2, 0) is 81.3 Å². The van der Waals surface area contributed by atoms with Crippen LogP contribution in [0, 0.1) is 0 Å². The topological polar surface area (TPSA) is 361 Å². The summed E-state index contributed by atoms with van der Waals surface area (Å²) in [6, 6.07) is 0. The van der Waals surface area contributed by atoms with Gasteiger partial charge in [-0.3, -0.25) is 81.8 Å². The maximum atomic E-state index is 13.4. The number of ether oxygens (including phenoxy) is 3. The summed E-state index contributed by atoms with van der Waals surface area (Å²) in [5.41, 5.74) is -1.21. The molecule has 0 bridgehead atoms. The molecule has 0 saturated heterocycles. The molecule has 28 heteroatoms. The van der Waals surface area contributed by atoms with E-state index in [1.165, 1.54) is 43.4 Å². The fourth-order valence-electron chi connectivity index (χ4n) is 8.46. The van der Waals surface area contributed by atoms with Gasteiger partial charge in [0.25, 0.3) is 35.4 Å². The first-order valence-electron chi connectivity index (χ1n) is 29.3. The maximum Gasteiger partial charge on any atom is 0.253 e. The van der Waals surface area contributed by atoms with Crippen LogP contribution in [0.15, 0.2) is 36.5 Å². The van der Waals surface area contributed by atoms with E-state index in [1.54, 1.807) is 0 Å². The predicted molar refractivity (Wildman–Crippen MR) is 310 cm³/mol. The molecule has 0 atom stereocenters. The van der Waals surface area contributed by atoms with Crippen molar-refractivity contribution >= 4 is 93.7 Å². The number of carbonyl (C=O) groups excluding carboxylic acids is 14. The van der Waals surface area contributed by atoms with Gasteiger partial charge >= 0.3 is 0 Å². The summed E-state index contributed by atoms with van der Waals surface area (Å²) in [5, 5.41) is 19.8. The van der Waals surface area contributed by atoms with Gasteiger partial charge < -0.3 is 51.4 Å². The van der Waals surface area contributed by atoms with Crippen molar-refractivity contribution in [3.8, 4) is 0 Å². The average molecular weight is 1220 g/mol. The van der Waals surface area contributed by atoms with Crippen molar-refractivity contribution in [2.24, 2.45) is 0 Å². The second kappa shape index (κ2) is 42.6. The number of thioether (sulfide) groups is 1. The number of amides is 13. The molecule has 0 aliphatic carbocycles. The first-order valence-corrected chi connectivity index (χ1v) is 30.2. The van der Waals surface area contributed by atoms with E-state index in [4.69, 9.17) is 14.2 Å². The summed E-state index contributed by atoms with van der Waals surface area (Å²) in [7, 11) is 0. The number of nitrogens with one attached hydrogen (secondary N) is 7. The highest BCUT2D eigenvalue weighted by Crippen LogP contribution is 2.14. The first-order chi connectivity index (χ1) is 40.9. The highest BCUT2D eigenvalue weighted by atomic mass is 32.2. The van der Waals surface area contributed by atoms with Crippen LogP contribution in [0.2, 0.25) is 0 Å². The molecule has 27 nitrogen and oxygen atoms in total. The Balaban J connectivity index is 1.41. The Morgan fingerprint density at radius 1 is 0.365 bits per heavy atom. The van der Waals surface area contributed by atoms with E-state index in [2.05, 4.69) is 37.2 Å². The lowest BCUT2D eigenvalue weighted by molar-refractivity contribution is -0.139. The van der Waals surface area contributed by atoms with Gasteiger partial charge in [0.15, 0.2) is 5.12 Å². The molecule has 7 N–H and O–H groups in total. The minimum Gasteiger partial charge on any atom is -0.379 e. The van der Waals surface area contributed by atoms with E-state index in [9.17, 15) is 67.1 Å². The van der Waals surface area contributed by atoms with Crippen molar-refractivity contribution in [3.05, 3.63) is 36.5 Å². The molecule has 3 rings (SSSR count). The fraction of sp³-hybridized carbons (Fsp3) is 0.649. The molecule has 0 spiro atoms. The summed E-state index contributed by atoms with van der Waals surface area (Å²) in [6.45, 7) is 3.99. The molecule has 0 saturated carbocycles. The number of hydrogen-bond donors (Lipinski definition) is 7. The van der Waals surface area contributed by atoms with Gasteiger partial charge in [-0.05, 0) is 57.8 Å². The van der Waals surface area contributed by atoms with E-state index in [-0.39, 0.29) is 156 Å². The number of carbonyl (C=O) groups is 14. The average Bonchev–Trinajstić information content (AvgIpc) is 4.20. The second-order valence-electron chi connectivity index (χ2n) is 20.4. The number of hydrogen-bond acceptors (Lipinski definition) is 18. The molecule has 472 valence electrons. The van der Waals surface area contributed by atoms with Gasteiger partial charge in [0.2, 0.25) is 41.4 Å². The van der Waals surface area contributed by atoms with Crippen LogP contribution in [0.25, 0.3) is 0 Å². The molecule has 0 unspecified atom stereocenters. The summed E-state index contributed by atoms with van der Waals surface area (Å²) >= 11 is 1.01.